The third-order valence-corrected chi connectivity index (χ3v) is 2.57. The quantitative estimate of drug-likeness (QED) is 0.493. The lowest BCUT2D eigenvalue weighted by atomic mass is 10.1. The molecule has 0 bridgehead atoms. The molecule has 1 N–H and O–H groups in total. The molecule has 0 unspecified atom stereocenters. The number of H-pyrrole nitrogens is 1. The molecular formula is C13H14N2O4. The Kier molecular flexibility index (Phi) is 4.15. The van der Waals surface area contributed by atoms with Crippen molar-refractivity contribution in [2.45, 2.75) is 0 Å². The maximum absolute atomic E-state index is 10.6. The highest BCUT2D eigenvalue weighted by Crippen LogP contribution is 2.25. The second-order valence-corrected chi connectivity index (χ2v) is 3.88. The summed E-state index contributed by atoms with van der Waals surface area (Å²) in [5, 5.41) is 10.6. The summed E-state index contributed by atoms with van der Waals surface area (Å²) in [7, 11) is 1.61. The van der Waals surface area contributed by atoms with E-state index < -0.39 is 4.92 Å². The van der Waals surface area contributed by atoms with Gasteiger partial charge in [-0.2, -0.15) is 0 Å². The zero-order valence-corrected chi connectivity index (χ0v) is 10.5. The highest BCUT2D eigenvalue weighted by molar-refractivity contribution is 5.63. The molecule has 0 saturated carbocycles. The van der Waals surface area contributed by atoms with Crippen molar-refractivity contribution in [1.82, 2.24) is 4.98 Å². The van der Waals surface area contributed by atoms with Crippen LogP contribution in [-0.4, -0.2) is 30.2 Å². The molecule has 19 heavy (non-hydrogen) atoms. The standard InChI is InChI=1S/C13H14N2O4/c1-18-7-8-19-11-4-2-3-10(9-11)12-5-6-13(14-12)15(16)17/h2-6,9,14H,7-8H2,1H3. The molecule has 1 aromatic carbocycles. The molecule has 0 atom stereocenters. The molecule has 0 aliphatic rings. The minimum atomic E-state index is -0.456. The lowest BCUT2D eigenvalue weighted by Gasteiger charge is -2.06. The molecule has 0 spiro atoms. The second-order valence-electron chi connectivity index (χ2n) is 3.88. The lowest BCUT2D eigenvalue weighted by molar-refractivity contribution is -0.389. The summed E-state index contributed by atoms with van der Waals surface area (Å²) < 4.78 is 10.4. The van der Waals surface area contributed by atoms with Crippen LogP contribution in [0.15, 0.2) is 36.4 Å². The number of methoxy groups -OCH3 is 1. The fourth-order valence-electron chi connectivity index (χ4n) is 1.65. The highest BCUT2D eigenvalue weighted by Gasteiger charge is 2.10. The lowest BCUT2D eigenvalue weighted by Crippen LogP contribution is -2.04. The number of rotatable bonds is 6. The summed E-state index contributed by atoms with van der Waals surface area (Å²) in [6, 6.07) is 10.5. The van der Waals surface area contributed by atoms with Crippen LogP contribution in [0.3, 0.4) is 0 Å². The zero-order chi connectivity index (χ0) is 13.7. The first-order chi connectivity index (χ1) is 9.20. The average molecular weight is 262 g/mol. The Morgan fingerprint density at radius 3 is 2.79 bits per heavy atom. The molecule has 6 heteroatoms. The molecular weight excluding hydrogens is 248 g/mol. The Morgan fingerprint density at radius 2 is 2.11 bits per heavy atom. The number of nitro groups is 1. The molecule has 0 saturated heterocycles. The Labute approximate surface area is 110 Å². The van der Waals surface area contributed by atoms with E-state index in [1.807, 2.05) is 24.3 Å². The van der Waals surface area contributed by atoms with Gasteiger partial charge in [-0.25, -0.2) is 4.98 Å². The van der Waals surface area contributed by atoms with E-state index in [-0.39, 0.29) is 5.82 Å². The topological polar surface area (TPSA) is 77.4 Å². The van der Waals surface area contributed by atoms with Crippen LogP contribution in [0, 0.1) is 10.1 Å². The van der Waals surface area contributed by atoms with E-state index in [1.165, 1.54) is 6.07 Å². The number of aromatic amines is 1. The average Bonchev–Trinajstić information content (AvgIpc) is 2.89. The summed E-state index contributed by atoms with van der Waals surface area (Å²) in [4.78, 5) is 12.9. The molecule has 2 rings (SSSR count). The van der Waals surface area contributed by atoms with E-state index in [9.17, 15) is 10.1 Å². The van der Waals surface area contributed by atoms with E-state index in [4.69, 9.17) is 9.47 Å². The van der Waals surface area contributed by atoms with Crippen molar-refractivity contribution in [3.63, 3.8) is 0 Å². The molecule has 1 aromatic heterocycles. The van der Waals surface area contributed by atoms with Crippen LogP contribution in [0.2, 0.25) is 0 Å². The van der Waals surface area contributed by atoms with Gasteiger partial charge in [-0.15, -0.1) is 0 Å². The Bertz CT molecular complexity index is 565. The first kappa shape index (κ1) is 13.1. The van der Waals surface area contributed by atoms with Gasteiger partial charge >= 0.3 is 5.82 Å². The summed E-state index contributed by atoms with van der Waals surface area (Å²) >= 11 is 0. The number of hydrogen-bond donors (Lipinski definition) is 1. The fraction of sp³-hybridized carbons (Fsp3) is 0.231. The first-order valence-corrected chi connectivity index (χ1v) is 5.76. The van der Waals surface area contributed by atoms with Gasteiger partial charge in [-0.1, -0.05) is 12.1 Å². The Hall–Kier alpha value is -2.34. The third-order valence-electron chi connectivity index (χ3n) is 2.57. The molecule has 0 aliphatic carbocycles. The van der Waals surface area contributed by atoms with Crippen molar-refractivity contribution in [3.05, 3.63) is 46.5 Å². The minimum absolute atomic E-state index is 0.0271. The van der Waals surface area contributed by atoms with Crippen LogP contribution < -0.4 is 4.74 Å². The summed E-state index contributed by atoms with van der Waals surface area (Å²) in [5.74, 6) is 0.674. The number of ether oxygens (including phenoxy) is 2. The monoisotopic (exact) mass is 262 g/mol. The van der Waals surface area contributed by atoms with Crippen molar-refractivity contribution in [1.29, 1.82) is 0 Å². The van der Waals surface area contributed by atoms with Crippen molar-refractivity contribution < 1.29 is 14.4 Å². The van der Waals surface area contributed by atoms with E-state index in [0.29, 0.717) is 24.7 Å². The number of aromatic nitrogens is 1. The van der Waals surface area contributed by atoms with Gasteiger partial charge in [0.1, 0.15) is 18.1 Å². The van der Waals surface area contributed by atoms with Crippen molar-refractivity contribution >= 4 is 5.82 Å². The van der Waals surface area contributed by atoms with Crippen LogP contribution in [0.4, 0.5) is 5.82 Å². The van der Waals surface area contributed by atoms with Crippen molar-refractivity contribution in [2.24, 2.45) is 0 Å². The Balaban J connectivity index is 2.15. The number of nitrogens with zero attached hydrogens (tertiary/aromatic N) is 1. The van der Waals surface area contributed by atoms with Crippen molar-refractivity contribution in [2.75, 3.05) is 20.3 Å². The van der Waals surface area contributed by atoms with Crippen LogP contribution in [-0.2, 0) is 4.74 Å². The van der Waals surface area contributed by atoms with Gasteiger partial charge < -0.3 is 19.6 Å². The van der Waals surface area contributed by atoms with Crippen LogP contribution in [0.1, 0.15) is 0 Å². The SMILES string of the molecule is COCCOc1cccc(-c2ccc([N+](=O)[O-])[nH]2)c1. The first-order valence-electron chi connectivity index (χ1n) is 5.76. The predicted molar refractivity (Wildman–Crippen MR) is 70.3 cm³/mol. The summed E-state index contributed by atoms with van der Waals surface area (Å²) in [6.45, 7) is 0.975. The summed E-state index contributed by atoms with van der Waals surface area (Å²) in [6.07, 6.45) is 0. The smallest absolute Gasteiger partial charge is 0.321 e. The van der Waals surface area contributed by atoms with Gasteiger partial charge in [-0.05, 0) is 23.1 Å². The molecule has 1 heterocycles. The molecule has 6 nitrogen and oxygen atoms in total. The molecule has 0 radical (unpaired) electrons. The van der Waals surface area contributed by atoms with Crippen LogP contribution in [0.25, 0.3) is 11.3 Å². The normalized spacial score (nSPS) is 10.4. The van der Waals surface area contributed by atoms with Gasteiger partial charge in [0.25, 0.3) is 0 Å². The fourth-order valence-corrected chi connectivity index (χ4v) is 1.65. The maximum Gasteiger partial charge on any atom is 0.321 e. The zero-order valence-electron chi connectivity index (χ0n) is 10.5. The molecule has 2 aromatic rings. The number of nitrogens with one attached hydrogen (secondary N) is 1. The molecule has 100 valence electrons. The predicted octanol–water partition coefficient (Wildman–Crippen LogP) is 2.62. The van der Waals surface area contributed by atoms with Crippen LogP contribution >= 0.6 is 0 Å². The largest absolute Gasteiger partial charge is 0.491 e. The van der Waals surface area contributed by atoms with E-state index in [0.717, 1.165) is 5.56 Å². The van der Waals surface area contributed by atoms with E-state index in [1.54, 1.807) is 13.2 Å². The van der Waals surface area contributed by atoms with Crippen molar-refractivity contribution in [3.8, 4) is 17.0 Å². The van der Waals surface area contributed by atoms with E-state index >= 15 is 0 Å². The van der Waals surface area contributed by atoms with Gasteiger partial charge in [0.15, 0.2) is 0 Å². The van der Waals surface area contributed by atoms with E-state index in [2.05, 4.69) is 4.98 Å². The molecule has 0 amide bonds. The third kappa shape index (κ3) is 3.32. The number of hydrogen-bond acceptors (Lipinski definition) is 4. The minimum Gasteiger partial charge on any atom is -0.491 e. The number of benzene rings is 1. The maximum atomic E-state index is 10.6. The van der Waals surface area contributed by atoms with Gasteiger partial charge in [-0.3, -0.25) is 0 Å². The second kappa shape index (κ2) is 6.01. The highest BCUT2D eigenvalue weighted by atomic mass is 16.6. The Morgan fingerprint density at radius 1 is 1.26 bits per heavy atom. The summed E-state index contributed by atoms with van der Waals surface area (Å²) in [5.41, 5.74) is 1.52. The van der Waals surface area contributed by atoms with Gasteiger partial charge in [0.05, 0.1) is 6.61 Å². The van der Waals surface area contributed by atoms with Crippen LogP contribution in [0.5, 0.6) is 5.75 Å². The van der Waals surface area contributed by atoms with Gasteiger partial charge in [0, 0.05) is 18.7 Å². The molecule has 0 aliphatic heterocycles. The molecule has 0 fully saturated rings. The van der Waals surface area contributed by atoms with Gasteiger partial charge in [0.2, 0.25) is 0 Å².